The minimum absolute atomic E-state index is 0.282. The first-order chi connectivity index (χ1) is 9.88. The van der Waals surface area contributed by atoms with E-state index >= 15 is 0 Å². The number of benzene rings is 1. The Morgan fingerprint density at radius 3 is 3.10 bits per heavy atom. The van der Waals surface area contributed by atoms with Crippen LogP contribution in [0.1, 0.15) is 42.9 Å². The van der Waals surface area contributed by atoms with E-state index in [-0.39, 0.29) is 6.10 Å². The van der Waals surface area contributed by atoms with Gasteiger partial charge in [0.25, 0.3) is 0 Å². The Balaban J connectivity index is 1.66. The van der Waals surface area contributed by atoms with E-state index in [2.05, 4.69) is 45.1 Å². The summed E-state index contributed by atoms with van der Waals surface area (Å²) in [6, 6.07) is 9.58. The van der Waals surface area contributed by atoms with E-state index in [1.54, 1.807) is 0 Å². The van der Waals surface area contributed by atoms with Crippen LogP contribution in [0.25, 0.3) is 0 Å². The summed E-state index contributed by atoms with van der Waals surface area (Å²) in [4.78, 5) is 2.66. The molecule has 2 atom stereocenters. The SMILES string of the molecule is BrCCCC1CCCN1CC1OCCc2ccccc21. The van der Waals surface area contributed by atoms with Crippen LogP contribution in [0.3, 0.4) is 0 Å². The molecule has 1 aromatic rings. The highest BCUT2D eigenvalue weighted by atomic mass is 79.9. The average molecular weight is 338 g/mol. The van der Waals surface area contributed by atoms with Gasteiger partial charge < -0.3 is 4.74 Å². The molecule has 0 saturated carbocycles. The predicted octanol–water partition coefficient (Wildman–Crippen LogP) is 3.94. The highest BCUT2D eigenvalue weighted by Gasteiger charge is 2.29. The molecule has 20 heavy (non-hydrogen) atoms. The number of nitrogens with zero attached hydrogens (tertiary/aromatic N) is 1. The molecule has 110 valence electrons. The van der Waals surface area contributed by atoms with Crippen molar-refractivity contribution in [3.8, 4) is 0 Å². The molecular weight excluding hydrogens is 314 g/mol. The number of hydrogen-bond donors (Lipinski definition) is 0. The second-order valence-electron chi connectivity index (χ2n) is 5.93. The van der Waals surface area contributed by atoms with Crippen molar-refractivity contribution in [2.45, 2.75) is 44.2 Å². The maximum atomic E-state index is 6.07. The summed E-state index contributed by atoms with van der Waals surface area (Å²) >= 11 is 3.55. The number of fused-ring (bicyclic) bond motifs is 1. The highest BCUT2D eigenvalue weighted by molar-refractivity contribution is 9.09. The lowest BCUT2D eigenvalue weighted by molar-refractivity contribution is 0.0125. The monoisotopic (exact) mass is 337 g/mol. The van der Waals surface area contributed by atoms with Gasteiger partial charge in [-0.05, 0) is 49.8 Å². The normalized spacial score (nSPS) is 26.6. The van der Waals surface area contributed by atoms with E-state index in [1.807, 2.05) is 0 Å². The van der Waals surface area contributed by atoms with E-state index in [0.717, 1.165) is 30.9 Å². The lowest BCUT2D eigenvalue weighted by Gasteiger charge is -2.32. The van der Waals surface area contributed by atoms with Gasteiger partial charge >= 0.3 is 0 Å². The summed E-state index contributed by atoms with van der Waals surface area (Å²) in [6.07, 6.45) is 6.66. The molecule has 2 nitrogen and oxygen atoms in total. The van der Waals surface area contributed by atoms with Crippen LogP contribution in [0.2, 0.25) is 0 Å². The van der Waals surface area contributed by atoms with E-state index in [9.17, 15) is 0 Å². The van der Waals surface area contributed by atoms with Crippen molar-refractivity contribution >= 4 is 15.9 Å². The highest BCUT2D eigenvalue weighted by Crippen LogP contribution is 2.31. The van der Waals surface area contributed by atoms with Gasteiger partial charge in [0.15, 0.2) is 0 Å². The molecule has 1 aromatic carbocycles. The molecule has 3 heteroatoms. The standard InChI is InChI=1S/C17H24BrNO/c18-10-3-6-15-7-4-11-19(15)13-17-16-8-2-1-5-14(16)9-12-20-17/h1-2,5,8,15,17H,3-4,6-7,9-13H2. The molecule has 1 saturated heterocycles. The lowest BCUT2D eigenvalue weighted by Crippen LogP contribution is -2.35. The maximum Gasteiger partial charge on any atom is 0.0954 e. The lowest BCUT2D eigenvalue weighted by atomic mass is 9.97. The Labute approximate surface area is 130 Å². The summed E-state index contributed by atoms with van der Waals surface area (Å²) in [5, 5.41) is 1.13. The van der Waals surface area contributed by atoms with Crippen molar-refractivity contribution in [3.63, 3.8) is 0 Å². The fourth-order valence-corrected chi connectivity index (χ4v) is 3.94. The first kappa shape index (κ1) is 14.6. The summed E-state index contributed by atoms with van der Waals surface area (Å²) < 4.78 is 6.07. The number of rotatable bonds is 5. The second kappa shape index (κ2) is 7.06. The first-order valence-electron chi connectivity index (χ1n) is 7.88. The molecular formula is C17H24BrNO. The summed E-state index contributed by atoms with van der Waals surface area (Å²) in [6.45, 7) is 3.19. The van der Waals surface area contributed by atoms with E-state index in [0.29, 0.717) is 0 Å². The molecule has 0 aromatic heterocycles. The van der Waals surface area contributed by atoms with E-state index < -0.39 is 0 Å². The molecule has 0 amide bonds. The van der Waals surface area contributed by atoms with Crippen LogP contribution in [0.4, 0.5) is 0 Å². The van der Waals surface area contributed by atoms with E-state index in [1.165, 1.54) is 43.4 Å². The Hall–Kier alpha value is -0.380. The fraction of sp³-hybridized carbons (Fsp3) is 0.647. The second-order valence-corrected chi connectivity index (χ2v) is 6.72. The van der Waals surface area contributed by atoms with Crippen molar-refractivity contribution in [1.82, 2.24) is 4.90 Å². The molecule has 0 bridgehead atoms. The number of likely N-dealkylation sites (tertiary alicyclic amines) is 1. The van der Waals surface area contributed by atoms with Gasteiger partial charge in [0.05, 0.1) is 12.7 Å². The van der Waals surface area contributed by atoms with Crippen molar-refractivity contribution in [2.24, 2.45) is 0 Å². The number of halogens is 1. The Kier molecular flexibility index (Phi) is 5.14. The largest absolute Gasteiger partial charge is 0.372 e. The predicted molar refractivity (Wildman–Crippen MR) is 86.5 cm³/mol. The smallest absolute Gasteiger partial charge is 0.0954 e. The third-order valence-electron chi connectivity index (χ3n) is 4.66. The average Bonchev–Trinajstić information content (AvgIpc) is 2.93. The summed E-state index contributed by atoms with van der Waals surface area (Å²) in [5.41, 5.74) is 2.91. The van der Waals surface area contributed by atoms with E-state index in [4.69, 9.17) is 4.74 Å². The van der Waals surface area contributed by atoms with Crippen LogP contribution in [-0.2, 0) is 11.2 Å². The van der Waals surface area contributed by atoms with Gasteiger partial charge in [0, 0.05) is 17.9 Å². The first-order valence-corrected chi connectivity index (χ1v) is 9.00. The molecule has 2 unspecified atom stereocenters. The van der Waals surface area contributed by atoms with Gasteiger partial charge in [-0.25, -0.2) is 0 Å². The molecule has 1 fully saturated rings. The topological polar surface area (TPSA) is 12.5 Å². The number of alkyl halides is 1. The van der Waals surface area contributed by atoms with Gasteiger partial charge in [-0.3, -0.25) is 4.90 Å². The fourth-order valence-electron chi connectivity index (χ4n) is 3.62. The van der Waals surface area contributed by atoms with Crippen LogP contribution in [0.15, 0.2) is 24.3 Å². The van der Waals surface area contributed by atoms with Crippen molar-refractivity contribution in [2.75, 3.05) is 25.0 Å². The quantitative estimate of drug-likeness (QED) is 0.754. The summed E-state index contributed by atoms with van der Waals surface area (Å²) in [7, 11) is 0. The summed E-state index contributed by atoms with van der Waals surface area (Å²) in [5.74, 6) is 0. The minimum Gasteiger partial charge on any atom is -0.372 e. The number of ether oxygens (including phenoxy) is 1. The zero-order chi connectivity index (χ0) is 13.8. The molecule has 2 aliphatic rings. The van der Waals surface area contributed by atoms with Crippen molar-refractivity contribution < 1.29 is 4.74 Å². The molecule has 0 radical (unpaired) electrons. The zero-order valence-corrected chi connectivity index (χ0v) is 13.6. The number of hydrogen-bond acceptors (Lipinski definition) is 2. The maximum absolute atomic E-state index is 6.07. The van der Waals surface area contributed by atoms with Crippen LogP contribution in [0.5, 0.6) is 0 Å². The van der Waals surface area contributed by atoms with Gasteiger partial charge in [0.1, 0.15) is 0 Å². The van der Waals surface area contributed by atoms with Crippen LogP contribution >= 0.6 is 15.9 Å². The molecule has 3 rings (SSSR count). The molecule has 2 heterocycles. The molecule has 0 aliphatic carbocycles. The third-order valence-corrected chi connectivity index (χ3v) is 5.22. The minimum atomic E-state index is 0.282. The van der Waals surface area contributed by atoms with Gasteiger partial charge in [0.2, 0.25) is 0 Å². The Morgan fingerprint density at radius 2 is 2.20 bits per heavy atom. The Morgan fingerprint density at radius 1 is 1.30 bits per heavy atom. The van der Waals surface area contributed by atoms with Gasteiger partial charge in [-0.2, -0.15) is 0 Å². The zero-order valence-electron chi connectivity index (χ0n) is 12.1. The molecule has 0 spiro atoms. The van der Waals surface area contributed by atoms with Crippen LogP contribution < -0.4 is 0 Å². The van der Waals surface area contributed by atoms with Crippen molar-refractivity contribution in [1.29, 1.82) is 0 Å². The van der Waals surface area contributed by atoms with Gasteiger partial charge in [-0.1, -0.05) is 40.2 Å². The van der Waals surface area contributed by atoms with Gasteiger partial charge in [-0.15, -0.1) is 0 Å². The van der Waals surface area contributed by atoms with Crippen LogP contribution in [-0.4, -0.2) is 36.0 Å². The third kappa shape index (κ3) is 3.26. The van der Waals surface area contributed by atoms with Crippen LogP contribution in [0, 0.1) is 0 Å². The molecule has 0 N–H and O–H groups in total. The Bertz CT molecular complexity index is 437. The van der Waals surface area contributed by atoms with Crippen molar-refractivity contribution in [3.05, 3.63) is 35.4 Å². The molecule has 2 aliphatic heterocycles.